The smallest absolute Gasteiger partial charge is 0.0541 e. The van der Waals surface area contributed by atoms with Crippen molar-refractivity contribution in [1.82, 2.24) is 4.57 Å². The zero-order valence-corrected chi connectivity index (χ0v) is 33.0. The number of para-hydroxylation sites is 3. The molecule has 282 valence electrons. The van der Waals surface area contributed by atoms with E-state index in [1.807, 2.05) is 0 Å². The molecule has 0 saturated heterocycles. The quantitative estimate of drug-likeness (QED) is 0.150. The molecule has 0 amide bonds. The molecule has 0 spiro atoms. The lowest BCUT2D eigenvalue weighted by Crippen LogP contribution is -2.11. The van der Waals surface area contributed by atoms with Crippen molar-refractivity contribution in [3.8, 4) is 50.2 Å². The summed E-state index contributed by atoms with van der Waals surface area (Å²) in [4.78, 5) is 2.41. The van der Waals surface area contributed by atoms with Gasteiger partial charge in [-0.25, -0.2) is 0 Å². The van der Waals surface area contributed by atoms with Crippen LogP contribution in [-0.4, -0.2) is 4.57 Å². The normalized spacial score (nSPS) is 11.3. The Labute approximate surface area is 350 Å². The third kappa shape index (κ3) is 6.41. The first-order chi connectivity index (χ1) is 29.7. The van der Waals surface area contributed by atoms with Crippen molar-refractivity contribution >= 4 is 49.6 Å². The number of nitrogens with zero attached hydrogens (tertiary/aromatic N) is 2. The van der Waals surface area contributed by atoms with Crippen LogP contribution in [0.1, 0.15) is 0 Å². The highest BCUT2D eigenvalue weighted by molar-refractivity contribution is 6.09. The maximum absolute atomic E-state index is 2.42. The lowest BCUT2D eigenvalue weighted by molar-refractivity contribution is 1.18. The molecule has 0 atom stereocenters. The molecule has 0 N–H and O–H groups in total. The van der Waals surface area contributed by atoms with E-state index in [4.69, 9.17) is 0 Å². The summed E-state index contributed by atoms with van der Waals surface area (Å²) in [6.07, 6.45) is 0. The third-order valence-electron chi connectivity index (χ3n) is 11.7. The zero-order chi connectivity index (χ0) is 39.8. The third-order valence-corrected chi connectivity index (χ3v) is 11.7. The topological polar surface area (TPSA) is 8.17 Å². The van der Waals surface area contributed by atoms with Crippen molar-refractivity contribution in [3.63, 3.8) is 0 Å². The fraction of sp³-hybridized carbons (Fsp3) is 0. The average Bonchev–Trinajstić information content (AvgIpc) is 3.67. The van der Waals surface area contributed by atoms with Gasteiger partial charge in [-0.05, 0) is 116 Å². The lowest BCUT2D eigenvalue weighted by atomic mass is 9.96. The number of fused-ring (bicyclic) bond motifs is 4. The summed E-state index contributed by atoms with van der Waals surface area (Å²) in [5.74, 6) is 0. The minimum atomic E-state index is 1.08. The Balaban J connectivity index is 1.08. The van der Waals surface area contributed by atoms with Crippen LogP contribution in [0.3, 0.4) is 0 Å². The zero-order valence-electron chi connectivity index (χ0n) is 33.0. The molecule has 0 fully saturated rings. The van der Waals surface area contributed by atoms with E-state index in [1.165, 1.54) is 66.0 Å². The van der Waals surface area contributed by atoms with Crippen molar-refractivity contribution in [3.05, 3.63) is 243 Å². The van der Waals surface area contributed by atoms with Gasteiger partial charge in [0.2, 0.25) is 0 Å². The van der Waals surface area contributed by atoms with E-state index in [1.54, 1.807) is 0 Å². The monoisotopic (exact) mass is 764 g/mol. The highest BCUT2D eigenvalue weighted by atomic mass is 15.1. The summed E-state index contributed by atoms with van der Waals surface area (Å²) in [5, 5.41) is 4.99. The predicted molar refractivity (Wildman–Crippen MR) is 255 cm³/mol. The molecule has 2 heteroatoms. The van der Waals surface area contributed by atoms with Gasteiger partial charge in [0.05, 0.1) is 16.7 Å². The lowest BCUT2D eigenvalue weighted by Gasteiger charge is -2.28. The SMILES string of the molecule is c1ccc(-c2cc(-c3cccc(N(c4ccc(-c5ccc6ccccc6c5)cc4)c4ccccc4-c4ccccc4)c3)cc(-n3c4ccccc4c4ccccc43)c2)cc1. The first kappa shape index (κ1) is 35.2. The second-order valence-electron chi connectivity index (χ2n) is 15.4. The highest BCUT2D eigenvalue weighted by Crippen LogP contribution is 2.43. The van der Waals surface area contributed by atoms with Gasteiger partial charge in [-0.3, -0.25) is 0 Å². The summed E-state index contributed by atoms with van der Waals surface area (Å²) in [7, 11) is 0. The summed E-state index contributed by atoms with van der Waals surface area (Å²) >= 11 is 0. The first-order valence-corrected chi connectivity index (χ1v) is 20.6. The van der Waals surface area contributed by atoms with Gasteiger partial charge in [0.15, 0.2) is 0 Å². The number of anilines is 3. The fourth-order valence-corrected chi connectivity index (χ4v) is 8.86. The van der Waals surface area contributed by atoms with Crippen LogP contribution < -0.4 is 4.90 Å². The van der Waals surface area contributed by atoms with Crippen LogP contribution in [0.4, 0.5) is 17.1 Å². The molecule has 0 radical (unpaired) electrons. The summed E-state index contributed by atoms with van der Waals surface area (Å²) in [5.41, 5.74) is 16.2. The van der Waals surface area contributed by atoms with E-state index in [0.29, 0.717) is 0 Å². The fourth-order valence-electron chi connectivity index (χ4n) is 8.86. The van der Waals surface area contributed by atoms with Crippen LogP contribution in [0, 0.1) is 0 Å². The Morgan fingerprint density at radius 1 is 0.283 bits per heavy atom. The molecular formula is C58H40N2. The Morgan fingerprint density at radius 2 is 0.817 bits per heavy atom. The number of hydrogen-bond donors (Lipinski definition) is 0. The molecule has 0 unspecified atom stereocenters. The van der Waals surface area contributed by atoms with Crippen LogP contribution >= 0.6 is 0 Å². The van der Waals surface area contributed by atoms with Gasteiger partial charge in [0.1, 0.15) is 0 Å². The molecule has 60 heavy (non-hydrogen) atoms. The Kier molecular flexibility index (Phi) is 8.87. The summed E-state index contributed by atoms with van der Waals surface area (Å²) in [6.45, 7) is 0. The molecule has 0 aliphatic heterocycles. The number of benzene rings is 10. The molecule has 0 aliphatic carbocycles. The molecule has 0 saturated carbocycles. The van der Waals surface area contributed by atoms with E-state index in [0.717, 1.165) is 33.9 Å². The minimum absolute atomic E-state index is 1.08. The molecule has 2 nitrogen and oxygen atoms in total. The largest absolute Gasteiger partial charge is 0.310 e. The van der Waals surface area contributed by atoms with Gasteiger partial charge in [0, 0.05) is 33.4 Å². The second-order valence-corrected chi connectivity index (χ2v) is 15.4. The average molecular weight is 765 g/mol. The highest BCUT2D eigenvalue weighted by Gasteiger charge is 2.19. The molecule has 11 aromatic rings. The minimum Gasteiger partial charge on any atom is -0.310 e. The Hall–Kier alpha value is -7.94. The molecule has 10 aromatic carbocycles. The van der Waals surface area contributed by atoms with E-state index in [2.05, 4.69) is 252 Å². The van der Waals surface area contributed by atoms with Crippen LogP contribution in [-0.2, 0) is 0 Å². The Morgan fingerprint density at radius 3 is 1.55 bits per heavy atom. The molecule has 0 aliphatic rings. The van der Waals surface area contributed by atoms with E-state index in [-0.39, 0.29) is 0 Å². The standard InChI is InChI=1S/C58H40N2/c1-3-16-41(17-4-1)48-37-49(40-52(39-48)60-57-28-13-10-25-54(57)55-26-11-14-29-58(55)60)46-22-15-23-51(38-46)59(56-27-12-9-24-53(56)44-19-5-2-6-20-44)50-34-32-43(33-35-50)47-31-30-42-18-7-8-21-45(42)36-47/h1-40H. The summed E-state index contributed by atoms with van der Waals surface area (Å²) in [6, 6.07) is 88.0. The van der Waals surface area contributed by atoms with Gasteiger partial charge in [-0.1, -0.05) is 176 Å². The number of aromatic nitrogens is 1. The van der Waals surface area contributed by atoms with Crippen molar-refractivity contribution in [2.75, 3.05) is 4.90 Å². The van der Waals surface area contributed by atoms with Crippen LogP contribution in [0.2, 0.25) is 0 Å². The van der Waals surface area contributed by atoms with Crippen LogP contribution in [0.15, 0.2) is 243 Å². The second kappa shape index (κ2) is 15.1. The molecule has 0 bridgehead atoms. The van der Waals surface area contributed by atoms with Gasteiger partial charge in [-0.2, -0.15) is 0 Å². The summed E-state index contributed by atoms with van der Waals surface area (Å²) < 4.78 is 2.42. The van der Waals surface area contributed by atoms with Gasteiger partial charge < -0.3 is 9.47 Å². The van der Waals surface area contributed by atoms with Gasteiger partial charge in [-0.15, -0.1) is 0 Å². The molecule has 11 rings (SSSR count). The van der Waals surface area contributed by atoms with Crippen molar-refractivity contribution in [1.29, 1.82) is 0 Å². The van der Waals surface area contributed by atoms with Crippen LogP contribution in [0.25, 0.3) is 82.8 Å². The van der Waals surface area contributed by atoms with Crippen molar-refractivity contribution in [2.24, 2.45) is 0 Å². The maximum Gasteiger partial charge on any atom is 0.0541 e. The van der Waals surface area contributed by atoms with Gasteiger partial charge >= 0.3 is 0 Å². The molecule has 1 heterocycles. The van der Waals surface area contributed by atoms with Crippen molar-refractivity contribution < 1.29 is 0 Å². The van der Waals surface area contributed by atoms with E-state index in [9.17, 15) is 0 Å². The Bertz CT molecular complexity index is 3250. The predicted octanol–water partition coefficient (Wildman–Crippen LogP) is 16.1. The first-order valence-electron chi connectivity index (χ1n) is 20.6. The maximum atomic E-state index is 2.42. The van der Waals surface area contributed by atoms with Crippen molar-refractivity contribution in [2.45, 2.75) is 0 Å². The van der Waals surface area contributed by atoms with E-state index < -0.39 is 0 Å². The number of rotatable bonds is 8. The van der Waals surface area contributed by atoms with E-state index >= 15 is 0 Å². The van der Waals surface area contributed by atoms with Crippen LogP contribution in [0.5, 0.6) is 0 Å². The molecular weight excluding hydrogens is 725 g/mol. The van der Waals surface area contributed by atoms with Gasteiger partial charge in [0.25, 0.3) is 0 Å². The molecule has 1 aromatic heterocycles. The number of hydrogen-bond acceptors (Lipinski definition) is 1.